The van der Waals surface area contributed by atoms with Crippen molar-refractivity contribution in [3.05, 3.63) is 29.8 Å². The summed E-state index contributed by atoms with van der Waals surface area (Å²) in [5, 5.41) is 25.9. The number of rotatable bonds is 1. The van der Waals surface area contributed by atoms with Crippen LogP contribution in [0.15, 0.2) is 24.3 Å². The lowest BCUT2D eigenvalue weighted by Crippen LogP contribution is -2.66. The number of aliphatic hydroxyl groups excluding tert-OH is 2. The van der Waals surface area contributed by atoms with E-state index in [1.807, 2.05) is 0 Å². The maximum absolute atomic E-state index is 11.3. The molecule has 4 aliphatic rings. The minimum absolute atomic E-state index is 0.172. The summed E-state index contributed by atoms with van der Waals surface area (Å²) in [6, 6.07) is 9.05. The fourth-order valence-electron chi connectivity index (χ4n) is 6.32. The molecule has 0 radical (unpaired) electrons. The van der Waals surface area contributed by atoms with E-state index in [-0.39, 0.29) is 23.8 Å². The van der Waals surface area contributed by atoms with Crippen LogP contribution in [0.3, 0.4) is 0 Å². The van der Waals surface area contributed by atoms with Gasteiger partial charge < -0.3 is 15.5 Å². The van der Waals surface area contributed by atoms with Crippen molar-refractivity contribution in [1.82, 2.24) is 4.90 Å². The summed E-state index contributed by atoms with van der Waals surface area (Å²) < 4.78 is 0. The predicted octanol–water partition coefficient (Wildman–Crippen LogP) is 1.92. The lowest BCUT2D eigenvalue weighted by molar-refractivity contribution is -0.132. The molecule has 5 rings (SSSR count). The SMILES string of the molecule is CCC1C2CC3C4Nc5ccccc5C4(CCN3C1O)C(O)C2. The van der Waals surface area contributed by atoms with Crippen molar-refractivity contribution in [3.8, 4) is 0 Å². The molecule has 3 fully saturated rings. The number of aliphatic hydroxyl groups is 2. The Hall–Kier alpha value is -1.10. The van der Waals surface area contributed by atoms with Gasteiger partial charge >= 0.3 is 0 Å². The van der Waals surface area contributed by atoms with Gasteiger partial charge in [0, 0.05) is 29.6 Å². The van der Waals surface area contributed by atoms with Crippen molar-refractivity contribution in [3.63, 3.8) is 0 Å². The topological polar surface area (TPSA) is 55.7 Å². The molecule has 7 unspecified atom stereocenters. The highest BCUT2D eigenvalue weighted by Crippen LogP contribution is 2.57. The molecule has 23 heavy (non-hydrogen) atoms. The first-order valence-electron chi connectivity index (χ1n) is 9.14. The summed E-state index contributed by atoms with van der Waals surface area (Å²) >= 11 is 0. The second-order valence-corrected chi connectivity index (χ2v) is 8.00. The van der Waals surface area contributed by atoms with E-state index in [0.29, 0.717) is 17.9 Å². The number of piperidine rings is 2. The Balaban J connectivity index is 1.67. The third-order valence-corrected chi connectivity index (χ3v) is 7.35. The predicted molar refractivity (Wildman–Crippen MR) is 89.2 cm³/mol. The maximum atomic E-state index is 11.3. The third kappa shape index (κ3) is 1.62. The monoisotopic (exact) mass is 314 g/mol. The first kappa shape index (κ1) is 14.3. The summed E-state index contributed by atoms with van der Waals surface area (Å²) in [5.41, 5.74) is 2.31. The first-order valence-corrected chi connectivity index (χ1v) is 9.14. The van der Waals surface area contributed by atoms with Gasteiger partial charge in [0.2, 0.25) is 0 Å². The van der Waals surface area contributed by atoms with Gasteiger partial charge in [0.15, 0.2) is 0 Å². The van der Waals surface area contributed by atoms with Crippen molar-refractivity contribution < 1.29 is 10.2 Å². The summed E-state index contributed by atoms with van der Waals surface area (Å²) in [5.74, 6) is 0.728. The second kappa shape index (κ2) is 4.71. The van der Waals surface area contributed by atoms with Crippen molar-refractivity contribution in [2.24, 2.45) is 11.8 Å². The van der Waals surface area contributed by atoms with Crippen LogP contribution in [0.5, 0.6) is 0 Å². The second-order valence-electron chi connectivity index (χ2n) is 8.00. The molecule has 3 heterocycles. The van der Waals surface area contributed by atoms with Crippen molar-refractivity contribution >= 4 is 5.69 Å². The van der Waals surface area contributed by atoms with Crippen molar-refractivity contribution in [1.29, 1.82) is 0 Å². The van der Waals surface area contributed by atoms with Gasteiger partial charge in [-0.15, -0.1) is 0 Å². The van der Waals surface area contributed by atoms with Gasteiger partial charge in [0.25, 0.3) is 0 Å². The highest BCUT2D eigenvalue weighted by Gasteiger charge is 2.63. The molecule has 4 heteroatoms. The molecule has 1 aromatic rings. The van der Waals surface area contributed by atoms with E-state index in [2.05, 4.69) is 41.4 Å². The molecule has 3 bridgehead atoms. The first-order chi connectivity index (χ1) is 11.2. The fraction of sp³-hybridized carbons (Fsp3) is 0.684. The Morgan fingerprint density at radius 3 is 2.91 bits per heavy atom. The highest BCUT2D eigenvalue weighted by atomic mass is 16.3. The number of nitrogens with zero attached hydrogens (tertiary/aromatic N) is 1. The Morgan fingerprint density at radius 2 is 2.09 bits per heavy atom. The van der Waals surface area contributed by atoms with Crippen LogP contribution in [-0.2, 0) is 5.41 Å². The van der Waals surface area contributed by atoms with Crippen LogP contribution in [0.4, 0.5) is 5.69 Å². The molecule has 7 atom stereocenters. The number of benzene rings is 1. The summed E-state index contributed by atoms with van der Waals surface area (Å²) in [7, 11) is 0. The Labute approximate surface area is 137 Å². The summed E-state index contributed by atoms with van der Waals surface area (Å²) in [6.07, 6.45) is 3.17. The van der Waals surface area contributed by atoms with Gasteiger partial charge in [-0.1, -0.05) is 25.1 Å². The van der Waals surface area contributed by atoms with Crippen LogP contribution in [-0.4, -0.2) is 46.1 Å². The smallest absolute Gasteiger partial charge is 0.110 e. The molecular formula is C19H26N2O2. The van der Waals surface area contributed by atoms with E-state index in [1.165, 1.54) is 11.3 Å². The molecule has 0 spiro atoms. The molecule has 1 saturated carbocycles. The largest absolute Gasteiger partial charge is 0.392 e. The molecule has 3 N–H and O–H groups in total. The molecule has 0 aromatic heterocycles. The number of anilines is 1. The fourth-order valence-corrected chi connectivity index (χ4v) is 6.32. The lowest BCUT2D eigenvalue weighted by atomic mass is 9.66. The van der Waals surface area contributed by atoms with Crippen LogP contribution < -0.4 is 5.32 Å². The summed E-state index contributed by atoms with van der Waals surface area (Å²) in [4.78, 5) is 2.32. The van der Waals surface area contributed by atoms with Crippen molar-refractivity contribution in [2.45, 2.75) is 62.4 Å². The molecule has 2 saturated heterocycles. The van der Waals surface area contributed by atoms with Gasteiger partial charge in [-0.05, 0) is 43.2 Å². The Kier molecular flexibility index (Phi) is 2.92. The van der Waals surface area contributed by atoms with Gasteiger partial charge in [0.05, 0.1) is 12.1 Å². The molecule has 1 aliphatic carbocycles. The van der Waals surface area contributed by atoms with Crippen LogP contribution in [0.1, 0.15) is 38.2 Å². The van der Waals surface area contributed by atoms with Gasteiger partial charge in [-0.3, -0.25) is 4.90 Å². The van der Waals surface area contributed by atoms with E-state index >= 15 is 0 Å². The van der Waals surface area contributed by atoms with Crippen molar-refractivity contribution in [2.75, 3.05) is 11.9 Å². The Bertz CT molecular complexity index is 636. The van der Waals surface area contributed by atoms with E-state index in [1.54, 1.807) is 0 Å². The van der Waals surface area contributed by atoms with Gasteiger partial charge in [0.1, 0.15) is 6.23 Å². The molecule has 4 nitrogen and oxygen atoms in total. The van der Waals surface area contributed by atoms with Crippen LogP contribution in [0.2, 0.25) is 0 Å². The number of nitrogens with one attached hydrogen (secondary N) is 1. The zero-order chi connectivity index (χ0) is 15.8. The third-order valence-electron chi connectivity index (χ3n) is 7.35. The number of fused-ring (bicyclic) bond motifs is 2. The van der Waals surface area contributed by atoms with Gasteiger partial charge in [-0.2, -0.15) is 0 Å². The quantitative estimate of drug-likeness (QED) is 0.741. The number of hydrogen-bond acceptors (Lipinski definition) is 4. The molecule has 1 aromatic carbocycles. The zero-order valence-electron chi connectivity index (χ0n) is 13.7. The molecule has 124 valence electrons. The molecular weight excluding hydrogens is 288 g/mol. The van der Waals surface area contributed by atoms with Crippen LogP contribution in [0.25, 0.3) is 0 Å². The minimum atomic E-state index is -0.349. The highest BCUT2D eigenvalue weighted by molar-refractivity contribution is 5.64. The lowest BCUT2D eigenvalue weighted by Gasteiger charge is -2.54. The molecule has 0 amide bonds. The normalized spacial score (nSPS) is 47.6. The van der Waals surface area contributed by atoms with E-state index < -0.39 is 0 Å². The van der Waals surface area contributed by atoms with E-state index in [0.717, 1.165) is 32.2 Å². The number of hydrogen-bond donors (Lipinski definition) is 3. The standard InChI is InChI=1S/C19H26N2O2/c1-2-12-11-9-15-17-19(16(22)10-11,7-8-21(15)18(12)23)13-5-3-4-6-14(13)20-17/h3-6,11-12,15-18,20,22-23H,2,7-10H2,1H3. The maximum Gasteiger partial charge on any atom is 0.110 e. The van der Waals surface area contributed by atoms with Gasteiger partial charge in [-0.25, -0.2) is 0 Å². The number of para-hydroxylation sites is 1. The van der Waals surface area contributed by atoms with Crippen LogP contribution in [0, 0.1) is 11.8 Å². The van der Waals surface area contributed by atoms with Crippen LogP contribution >= 0.6 is 0 Å². The minimum Gasteiger partial charge on any atom is -0.392 e. The zero-order valence-corrected chi connectivity index (χ0v) is 13.7. The molecule has 3 aliphatic heterocycles. The van der Waals surface area contributed by atoms with E-state index in [4.69, 9.17) is 0 Å². The Morgan fingerprint density at radius 1 is 1.26 bits per heavy atom. The average Bonchev–Trinajstić information content (AvgIpc) is 2.90. The van der Waals surface area contributed by atoms with E-state index in [9.17, 15) is 10.2 Å². The average molecular weight is 314 g/mol. The summed E-state index contributed by atoms with van der Waals surface area (Å²) in [6.45, 7) is 3.06.